The summed E-state index contributed by atoms with van der Waals surface area (Å²) < 4.78 is 0. The summed E-state index contributed by atoms with van der Waals surface area (Å²) >= 11 is 0. The van der Waals surface area contributed by atoms with Crippen molar-refractivity contribution in [3.8, 4) is 0 Å². The molecule has 18 heavy (non-hydrogen) atoms. The molecule has 1 rings (SSSR count). The molecule has 0 fully saturated rings. The predicted molar refractivity (Wildman–Crippen MR) is 61.9 cm³/mol. The first-order valence-corrected chi connectivity index (χ1v) is 5.43. The first-order valence-electron chi connectivity index (χ1n) is 5.43. The first-order chi connectivity index (χ1) is 8.40. The normalized spacial score (nSPS) is 10.4. The molecule has 0 saturated carbocycles. The second kappa shape index (κ2) is 5.94. The number of tetrazole rings is 1. The van der Waals surface area contributed by atoms with Gasteiger partial charge in [0.05, 0.1) is 13.5 Å². The van der Waals surface area contributed by atoms with Crippen molar-refractivity contribution < 1.29 is 14.7 Å². The van der Waals surface area contributed by atoms with E-state index >= 15 is 0 Å². The summed E-state index contributed by atoms with van der Waals surface area (Å²) in [5, 5.41) is 22.1. The van der Waals surface area contributed by atoms with Gasteiger partial charge in [-0.1, -0.05) is 5.10 Å². The van der Waals surface area contributed by atoms with Gasteiger partial charge in [0.2, 0.25) is 0 Å². The number of rotatable bonds is 5. The van der Waals surface area contributed by atoms with Gasteiger partial charge in [0, 0.05) is 12.6 Å². The molecule has 0 spiro atoms. The van der Waals surface area contributed by atoms with E-state index in [-0.39, 0.29) is 25.0 Å². The number of carbonyl (C=O) groups is 2. The number of urea groups is 1. The third-order valence-corrected chi connectivity index (χ3v) is 2.18. The Hall–Kier alpha value is -2.19. The Kier molecular flexibility index (Phi) is 4.58. The Morgan fingerprint density at radius 1 is 1.50 bits per heavy atom. The van der Waals surface area contributed by atoms with E-state index in [9.17, 15) is 9.59 Å². The molecule has 0 aliphatic carbocycles. The highest BCUT2D eigenvalue weighted by molar-refractivity contribution is 5.87. The van der Waals surface area contributed by atoms with Crippen molar-refractivity contribution in [3.63, 3.8) is 0 Å². The summed E-state index contributed by atoms with van der Waals surface area (Å²) in [6, 6.07) is -0.569. The molecule has 1 aromatic rings. The fraction of sp³-hybridized carbons (Fsp3) is 0.667. The van der Waals surface area contributed by atoms with Gasteiger partial charge >= 0.3 is 12.0 Å². The minimum absolute atomic E-state index is 0.0866. The van der Waals surface area contributed by atoms with Crippen molar-refractivity contribution in [2.75, 3.05) is 11.9 Å². The van der Waals surface area contributed by atoms with Gasteiger partial charge in [0.25, 0.3) is 5.95 Å². The Labute approximate surface area is 104 Å². The maximum atomic E-state index is 11.9. The molecule has 0 unspecified atom stereocenters. The monoisotopic (exact) mass is 256 g/mol. The van der Waals surface area contributed by atoms with Crippen LogP contribution in [0.25, 0.3) is 0 Å². The number of carboxylic acids is 1. The zero-order chi connectivity index (χ0) is 13.7. The molecule has 100 valence electrons. The van der Waals surface area contributed by atoms with Crippen LogP contribution in [0.2, 0.25) is 0 Å². The molecule has 0 radical (unpaired) electrons. The number of nitrogens with zero attached hydrogens (tertiary/aromatic N) is 5. The van der Waals surface area contributed by atoms with E-state index in [4.69, 9.17) is 5.11 Å². The van der Waals surface area contributed by atoms with E-state index in [1.807, 2.05) is 0 Å². The molecule has 0 atom stereocenters. The Morgan fingerprint density at radius 2 is 2.17 bits per heavy atom. The summed E-state index contributed by atoms with van der Waals surface area (Å²) in [7, 11) is 1.58. The van der Waals surface area contributed by atoms with Crippen molar-refractivity contribution >= 4 is 17.9 Å². The Morgan fingerprint density at radius 3 is 2.61 bits per heavy atom. The van der Waals surface area contributed by atoms with Crippen LogP contribution in [0.3, 0.4) is 0 Å². The van der Waals surface area contributed by atoms with Crippen LogP contribution < -0.4 is 5.32 Å². The first kappa shape index (κ1) is 13.9. The lowest BCUT2D eigenvalue weighted by Gasteiger charge is -2.25. The molecule has 1 aromatic heterocycles. The Balaban J connectivity index is 2.62. The highest BCUT2D eigenvalue weighted by Crippen LogP contribution is 2.04. The van der Waals surface area contributed by atoms with Crippen molar-refractivity contribution in [2.45, 2.75) is 26.3 Å². The number of aryl methyl sites for hydroxylation is 1. The van der Waals surface area contributed by atoms with Gasteiger partial charge in [-0.3, -0.25) is 10.1 Å². The van der Waals surface area contributed by atoms with Gasteiger partial charge < -0.3 is 10.0 Å². The molecule has 0 bridgehead atoms. The van der Waals surface area contributed by atoms with Crippen LogP contribution in [-0.4, -0.2) is 54.8 Å². The van der Waals surface area contributed by atoms with Crippen LogP contribution in [-0.2, 0) is 11.8 Å². The zero-order valence-corrected chi connectivity index (χ0v) is 10.5. The maximum absolute atomic E-state index is 11.9. The number of carboxylic acid groups (broad SMARTS) is 1. The van der Waals surface area contributed by atoms with Crippen molar-refractivity contribution in [2.24, 2.45) is 7.05 Å². The summed E-state index contributed by atoms with van der Waals surface area (Å²) in [6.45, 7) is 3.72. The maximum Gasteiger partial charge on any atom is 0.324 e. The molecule has 9 heteroatoms. The average molecular weight is 256 g/mol. The highest BCUT2D eigenvalue weighted by Gasteiger charge is 2.19. The van der Waals surface area contributed by atoms with Crippen molar-refractivity contribution in [3.05, 3.63) is 0 Å². The van der Waals surface area contributed by atoms with E-state index in [1.165, 1.54) is 9.70 Å². The zero-order valence-electron chi connectivity index (χ0n) is 10.5. The topological polar surface area (TPSA) is 113 Å². The fourth-order valence-corrected chi connectivity index (χ4v) is 1.31. The van der Waals surface area contributed by atoms with E-state index in [1.54, 1.807) is 20.9 Å². The predicted octanol–water partition coefficient (Wildman–Crippen LogP) is -0.0729. The molecular formula is C9H16N6O3. The van der Waals surface area contributed by atoms with Gasteiger partial charge in [-0.15, -0.1) is 5.10 Å². The number of hydrogen-bond donors (Lipinski definition) is 2. The van der Waals surface area contributed by atoms with E-state index in [0.717, 1.165) is 0 Å². The third-order valence-electron chi connectivity index (χ3n) is 2.18. The summed E-state index contributed by atoms with van der Waals surface area (Å²) in [4.78, 5) is 25.0. The lowest BCUT2D eigenvalue weighted by atomic mass is 10.3. The SMILES string of the molecule is CC(C)N(CCC(=O)O)C(=O)Nc1nnn(C)n1. The summed E-state index contributed by atoms with van der Waals surface area (Å²) in [5.41, 5.74) is 0. The molecule has 0 aliphatic heterocycles. The molecule has 2 amide bonds. The molecule has 9 nitrogen and oxygen atoms in total. The lowest BCUT2D eigenvalue weighted by Crippen LogP contribution is -2.41. The lowest BCUT2D eigenvalue weighted by molar-refractivity contribution is -0.137. The van der Waals surface area contributed by atoms with Crippen LogP contribution in [0.4, 0.5) is 10.7 Å². The van der Waals surface area contributed by atoms with Crippen LogP contribution >= 0.6 is 0 Å². The molecule has 1 heterocycles. The summed E-state index contributed by atoms with van der Waals surface area (Å²) in [6.07, 6.45) is -0.112. The van der Waals surface area contributed by atoms with Gasteiger partial charge in [0.1, 0.15) is 0 Å². The fourth-order valence-electron chi connectivity index (χ4n) is 1.31. The number of aliphatic carboxylic acids is 1. The minimum Gasteiger partial charge on any atom is -0.481 e. The third kappa shape index (κ3) is 4.00. The van der Waals surface area contributed by atoms with Crippen molar-refractivity contribution in [1.82, 2.24) is 25.1 Å². The smallest absolute Gasteiger partial charge is 0.324 e. The van der Waals surface area contributed by atoms with Gasteiger partial charge in [-0.05, 0) is 19.1 Å². The van der Waals surface area contributed by atoms with E-state index < -0.39 is 12.0 Å². The highest BCUT2D eigenvalue weighted by atomic mass is 16.4. The van der Waals surface area contributed by atoms with Crippen molar-refractivity contribution in [1.29, 1.82) is 0 Å². The van der Waals surface area contributed by atoms with E-state index in [0.29, 0.717) is 0 Å². The number of carbonyl (C=O) groups excluding carboxylic acids is 1. The van der Waals surface area contributed by atoms with E-state index in [2.05, 4.69) is 20.7 Å². The molecule has 0 aromatic carbocycles. The Bertz CT molecular complexity index is 430. The number of nitrogens with one attached hydrogen (secondary N) is 1. The van der Waals surface area contributed by atoms with Crippen LogP contribution in [0.15, 0.2) is 0 Å². The van der Waals surface area contributed by atoms with Crippen LogP contribution in [0.5, 0.6) is 0 Å². The molecule has 2 N–H and O–H groups in total. The van der Waals surface area contributed by atoms with Gasteiger partial charge in [-0.25, -0.2) is 4.79 Å². The molecule has 0 aliphatic rings. The summed E-state index contributed by atoms with van der Waals surface area (Å²) in [5.74, 6) is -0.866. The van der Waals surface area contributed by atoms with Crippen LogP contribution in [0, 0.1) is 0 Å². The van der Waals surface area contributed by atoms with Gasteiger partial charge in [-0.2, -0.15) is 4.80 Å². The second-order valence-electron chi connectivity index (χ2n) is 3.96. The van der Waals surface area contributed by atoms with Crippen LogP contribution in [0.1, 0.15) is 20.3 Å². The number of anilines is 1. The molecule has 0 saturated heterocycles. The minimum atomic E-state index is -0.953. The number of hydrogen-bond acceptors (Lipinski definition) is 5. The van der Waals surface area contributed by atoms with Gasteiger partial charge in [0.15, 0.2) is 0 Å². The second-order valence-corrected chi connectivity index (χ2v) is 3.96. The quantitative estimate of drug-likeness (QED) is 0.762. The number of aromatic nitrogens is 4. The molecular weight excluding hydrogens is 240 g/mol. The largest absolute Gasteiger partial charge is 0.481 e. The standard InChI is InChI=1S/C9H16N6O3/c1-6(2)15(5-4-7(16)17)9(18)10-8-11-13-14(3)12-8/h6H,4-5H2,1-3H3,(H,16,17)(H,10,12,18). The average Bonchev–Trinajstić information content (AvgIpc) is 2.63. The number of amides is 2.